The van der Waals surface area contributed by atoms with E-state index in [0.717, 1.165) is 24.3 Å². The van der Waals surface area contributed by atoms with Crippen molar-refractivity contribution in [2.45, 2.75) is 57.5 Å². The zero-order valence-corrected chi connectivity index (χ0v) is 12.8. The smallest absolute Gasteiger partial charge is 0.206 e. The minimum Gasteiger partial charge on any atom is -0.206 e. The standard InChI is InChI=1S/C18H22F4/c1-2-3-13-4-6-14(7-5-13)15-8-10-16(11-9-15)17(19)12-18(20,21)22/h8-14H,2-7H2,1H3/b17-12-. The molecule has 122 valence electrons. The van der Waals surface area contributed by atoms with Gasteiger partial charge in [0.05, 0.1) is 6.08 Å². The van der Waals surface area contributed by atoms with E-state index in [9.17, 15) is 17.6 Å². The van der Waals surface area contributed by atoms with Crippen molar-refractivity contribution in [3.8, 4) is 0 Å². The van der Waals surface area contributed by atoms with E-state index >= 15 is 0 Å². The van der Waals surface area contributed by atoms with Crippen LogP contribution in [-0.4, -0.2) is 6.18 Å². The Balaban J connectivity index is 2.00. The van der Waals surface area contributed by atoms with Crippen molar-refractivity contribution >= 4 is 5.83 Å². The van der Waals surface area contributed by atoms with E-state index in [4.69, 9.17) is 0 Å². The van der Waals surface area contributed by atoms with Crippen molar-refractivity contribution in [2.75, 3.05) is 0 Å². The summed E-state index contributed by atoms with van der Waals surface area (Å²) in [5.41, 5.74) is 1.10. The van der Waals surface area contributed by atoms with Crippen LogP contribution in [0.4, 0.5) is 17.6 Å². The normalized spacial score (nSPS) is 23.6. The molecule has 0 amide bonds. The van der Waals surface area contributed by atoms with Crippen molar-refractivity contribution < 1.29 is 17.6 Å². The monoisotopic (exact) mass is 314 g/mol. The number of hydrogen-bond acceptors (Lipinski definition) is 0. The summed E-state index contributed by atoms with van der Waals surface area (Å²) in [6.07, 6.45) is 2.23. The summed E-state index contributed by atoms with van der Waals surface area (Å²) in [6, 6.07) is 6.43. The third kappa shape index (κ3) is 4.85. The molecule has 0 heterocycles. The van der Waals surface area contributed by atoms with Gasteiger partial charge in [0.25, 0.3) is 0 Å². The van der Waals surface area contributed by atoms with Crippen molar-refractivity contribution in [1.82, 2.24) is 0 Å². The molecule has 1 aliphatic rings. The van der Waals surface area contributed by atoms with Crippen LogP contribution >= 0.6 is 0 Å². The Bertz CT molecular complexity index is 491. The van der Waals surface area contributed by atoms with Gasteiger partial charge in [-0.15, -0.1) is 0 Å². The Hall–Kier alpha value is -1.32. The number of alkyl halides is 3. The molecule has 4 heteroatoms. The van der Waals surface area contributed by atoms with Gasteiger partial charge in [0.2, 0.25) is 0 Å². The highest BCUT2D eigenvalue weighted by Gasteiger charge is 2.26. The van der Waals surface area contributed by atoms with Gasteiger partial charge < -0.3 is 0 Å². The molecule has 1 aromatic rings. The fourth-order valence-corrected chi connectivity index (χ4v) is 3.33. The lowest BCUT2D eigenvalue weighted by molar-refractivity contribution is -0.0798. The van der Waals surface area contributed by atoms with Crippen LogP contribution in [0.3, 0.4) is 0 Å². The van der Waals surface area contributed by atoms with E-state index < -0.39 is 12.0 Å². The van der Waals surface area contributed by atoms with Gasteiger partial charge in [0.15, 0.2) is 0 Å². The molecular formula is C18H22F4. The first-order valence-electron chi connectivity index (χ1n) is 7.94. The molecule has 0 saturated heterocycles. The van der Waals surface area contributed by atoms with Crippen LogP contribution in [0.1, 0.15) is 62.5 Å². The minimum absolute atomic E-state index is 0.0132. The molecule has 1 fully saturated rings. The van der Waals surface area contributed by atoms with Crippen molar-refractivity contribution in [3.05, 3.63) is 41.5 Å². The molecule has 1 saturated carbocycles. The topological polar surface area (TPSA) is 0 Å². The van der Waals surface area contributed by atoms with Crippen molar-refractivity contribution in [1.29, 1.82) is 0 Å². The summed E-state index contributed by atoms with van der Waals surface area (Å²) < 4.78 is 49.9. The van der Waals surface area contributed by atoms with E-state index in [1.54, 1.807) is 12.1 Å². The van der Waals surface area contributed by atoms with E-state index in [1.807, 2.05) is 0 Å². The van der Waals surface area contributed by atoms with E-state index in [-0.39, 0.29) is 11.6 Å². The number of benzene rings is 1. The van der Waals surface area contributed by atoms with Crippen LogP contribution in [0.2, 0.25) is 0 Å². The molecule has 0 unspecified atom stereocenters. The molecule has 1 aromatic carbocycles. The van der Waals surface area contributed by atoms with Gasteiger partial charge in [-0.05, 0) is 43.1 Å². The summed E-state index contributed by atoms with van der Waals surface area (Å²) in [4.78, 5) is 0. The summed E-state index contributed by atoms with van der Waals surface area (Å²) >= 11 is 0. The Kier molecular flexibility index (Phi) is 5.65. The molecule has 0 radical (unpaired) electrons. The van der Waals surface area contributed by atoms with Crippen LogP contribution in [0.25, 0.3) is 5.83 Å². The Morgan fingerprint density at radius 1 is 1.09 bits per heavy atom. The SMILES string of the molecule is CCCC1CCC(c2ccc(/C(F)=C/C(F)(F)F)cc2)CC1. The molecule has 0 spiro atoms. The van der Waals surface area contributed by atoms with Gasteiger partial charge in [-0.25, -0.2) is 4.39 Å². The van der Waals surface area contributed by atoms with Crippen LogP contribution in [0, 0.1) is 5.92 Å². The number of allylic oxidation sites excluding steroid dienone is 1. The molecule has 0 nitrogen and oxygen atoms in total. The maximum Gasteiger partial charge on any atom is 0.412 e. The molecule has 0 N–H and O–H groups in total. The van der Waals surface area contributed by atoms with Crippen LogP contribution < -0.4 is 0 Å². The maximum atomic E-state index is 13.5. The summed E-state index contributed by atoms with van der Waals surface area (Å²) in [5.74, 6) is 0.0372. The van der Waals surface area contributed by atoms with Crippen molar-refractivity contribution in [3.63, 3.8) is 0 Å². The summed E-state index contributed by atoms with van der Waals surface area (Å²) in [6.45, 7) is 2.20. The first-order valence-corrected chi connectivity index (χ1v) is 7.94. The quantitative estimate of drug-likeness (QED) is 0.547. The van der Waals surface area contributed by atoms with Gasteiger partial charge >= 0.3 is 6.18 Å². The zero-order chi connectivity index (χ0) is 16.2. The number of hydrogen-bond donors (Lipinski definition) is 0. The van der Waals surface area contributed by atoms with Gasteiger partial charge in [0, 0.05) is 5.56 Å². The number of halogens is 4. The fourth-order valence-electron chi connectivity index (χ4n) is 3.33. The van der Waals surface area contributed by atoms with E-state index in [0.29, 0.717) is 5.92 Å². The average Bonchev–Trinajstić information content (AvgIpc) is 2.47. The van der Waals surface area contributed by atoms with Gasteiger partial charge in [-0.3, -0.25) is 0 Å². The molecule has 22 heavy (non-hydrogen) atoms. The third-order valence-corrected chi connectivity index (χ3v) is 4.49. The lowest BCUT2D eigenvalue weighted by Crippen LogP contribution is -2.13. The Morgan fingerprint density at radius 2 is 1.68 bits per heavy atom. The highest BCUT2D eigenvalue weighted by atomic mass is 19.4. The summed E-state index contributed by atoms with van der Waals surface area (Å²) in [5, 5.41) is 0. The van der Waals surface area contributed by atoms with Crippen LogP contribution in [-0.2, 0) is 0 Å². The molecule has 0 aromatic heterocycles. The van der Waals surface area contributed by atoms with Crippen LogP contribution in [0.5, 0.6) is 0 Å². The van der Waals surface area contributed by atoms with Gasteiger partial charge in [-0.2, -0.15) is 13.2 Å². The maximum absolute atomic E-state index is 13.5. The first kappa shape index (κ1) is 17.0. The van der Waals surface area contributed by atoms with Crippen molar-refractivity contribution in [2.24, 2.45) is 5.92 Å². The predicted molar refractivity (Wildman–Crippen MR) is 81.2 cm³/mol. The number of rotatable bonds is 4. The Labute approximate surface area is 129 Å². The lowest BCUT2D eigenvalue weighted by Gasteiger charge is -2.28. The highest BCUT2D eigenvalue weighted by Crippen LogP contribution is 2.37. The van der Waals surface area contributed by atoms with Gasteiger partial charge in [-0.1, -0.05) is 44.0 Å². The zero-order valence-electron chi connectivity index (χ0n) is 12.8. The first-order chi connectivity index (χ1) is 10.4. The Morgan fingerprint density at radius 3 is 2.18 bits per heavy atom. The lowest BCUT2D eigenvalue weighted by atomic mass is 9.77. The second-order valence-electron chi connectivity index (χ2n) is 6.16. The average molecular weight is 314 g/mol. The predicted octanol–water partition coefficient (Wildman–Crippen LogP) is 6.63. The minimum atomic E-state index is -4.62. The second-order valence-corrected chi connectivity index (χ2v) is 6.16. The second kappa shape index (κ2) is 7.30. The molecule has 0 bridgehead atoms. The molecule has 1 aliphatic carbocycles. The van der Waals surface area contributed by atoms with Gasteiger partial charge in [0.1, 0.15) is 5.83 Å². The molecule has 0 atom stereocenters. The van der Waals surface area contributed by atoms with E-state index in [1.165, 1.54) is 37.8 Å². The van der Waals surface area contributed by atoms with E-state index in [2.05, 4.69) is 6.92 Å². The molecular weight excluding hydrogens is 292 g/mol. The third-order valence-electron chi connectivity index (χ3n) is 4.49. The summed E-state index contributed by atoms with van der Waals surface area (Å²) in [7, 11) is 0. The van der Waals surface area contributed by atoms with Crippen LogP contribution in [0.15, 0.2) is 30.3 Å². The fraction of sp³-hybridized carbons (Fsp3) is 0.556. The molecule has 2 rings (SSSR count). The molecule has 0 aliphatic heterocycles. The largest absolute Gasteiger partial charge is 0.412 e. The highest BCUT2D eigenvalue weighted by molar-refractivity contribution is 5.59.